The van der Waals surface area contributed by atoms with Crippen LogP contribution in [0.1, 0.15) is 33.1 Å². The lowest BCUT2D eigenvalue weighted by atomic mass is 10.0. The molecule has 0 aromatic carbocycles. The van der Waals surface area contributed by atoms with Crippen molar-refractivity contribution in [2.45, 2.75) is 39.2 Å². The molecule has 0 bridgehead atoms. The first-order valence-corrected chi connectivity index (χ1v) is 11.2. The SMILES string of the molecule is CC(C)CNCC1CCCCN1S(=O)(=O)CCS(C)(=O)=O. The van der Waals surface area contributed by atoms with E-state index >= 15 is 0 Å². The van der Waals surface area contributed by atoms with Gasteiger partial charge < -0.3 is 5.32 Å². The molecule has 0 aliphatic carbocycles. The van der Waals surface area contributed by atoms with E-state index in [9.17, 15) is 16.8 Å². The van der Waals surface area contributed by atoms with Gasteiger partial charge in [-0.3, -0.25) is 0 Å². The maximum atomic E-state index is 12.4. The summed E-state index contributed by atoms with van der Waals surface area (Å²) in [6.07, 6.45) is 3.77. The monoisotopic (exact) mass is 340 g/mol. The minimum Gasteiger partial charge on any atom is -0.315 e. The van der Waals surface area contributed by atoms with E-state index in [1.807, 2.05) is 0 Å². The summed E-state index contributed by atoms with van der Waals surface area (Å²) in [6.45, 7) is 6.20. The van der Waals surface area contributed by atoms with Crippen molar-refractivity contribution < 1.29 is 16.8 Å². The Morgan fingerprint density at radius 3 is 2.38 bits per heavy atom. The van der Waals surface area contributed by atoms with Gasteiger partial charge in [-0.2, -0.15) is 4.31 Å². The van der Waals surface area contributed by atoms with Crippen LogP contribution >= 0.6 is 0 Å². The number of sulfonamides is 1. The van der Waals surface area contributed by atoms with E-state index in [1.54, 1.807) is 0 Å². The zero-order valence-electron chi connectivity index (χ0n) is 13.2. The van der Waals surface area contributed by atoms with Crippen LogP contribution < -0.4 is 5.32 Å². The number of nitrogens with one attached hydrogen (secondary N) is 1. The first-order valence-electron chi connectivity index (χ1n) is 7.50. The van der Waals surface area contributed by atoms with Crippen molar-refractivity contribution in [1.29, 1.82) is 0 Å². The molecule has 1 fully saturated rings. The van der Waals surface area contributed by atoms with E-state index in [0.717, 1.165) is 32.1 Å². The molecule has 1 unspecified atom stereocenters. The first-order chi connectivity index (χ1) is 9.62. The zero-order valence-corrected chi connectivity index (χ0v) is 14.8. The molecule has 21 heavy (non-hydrogen) atoms. The molecule has 1 atom stereocenters. The maximum Gasteiger partial charge on any atom is 0.215 e. The van der Waals surface area contributed by atoms with Gasteiger partial charge in [-0.25, -0.2) is 16.8 Å². The Morgan fingerprint density at radius 1 is 1.14 bits per heavy atom. The quantitative estimate of drug-likeness (QED) is 0.694. The lowest BCUT2D eigenvalue weighted by Gasteiger charge is -2.35. The summed E-state index contributed by atoms with van der Waals surface area (Å²) in [5.41, 5.74) is 0. The third kappa shape index (κ3) is 7.08. The van der Waals surface area contributed by atoms with E-state index in [2.05, 4.69) is 19.2 Å². The van der Waals surface area contributed by atoms with Gasteiger partial charge in [0.2, 0.25) is 10.0 Å². The minimum atomic E-state index is -3.50. The van der Waals surface area contributed by atoms with Crippen molar-refractivity contribution >= 4 is 19.9 Å². The zero-order chi connectivity index (χ0) is 16.1. The van der Waals surface area contributed by atoms with Crippen molar-refractivity contribution in [3.8, 4) is 0 Å². The fraction of sp³-hybridized carbons (Fsp3) is 1.00. The van der Waals surface area contributed by atoms with Crippen LogP contribution in [0.4, 0.5) is 0 Å². The van der Waals surface area contributed by atoms with E-state index in [0.29, 0.717) is 19.0 Å². The third-order valence-corrected chi connectivity index (χ3v) is 6.69. The second kappa shape index (κ2) is 7.89. The molecule has 126 valence electrons. The molecule has 1 aliphatic rings. The number of rotatable bonds is 8. The highest BCUT2D eigenvalue weighted by Gasteiger charge is 2.32. The molecule has 0 aromatic heterocycles. The predicted octanol–water partition coefficient (Wildman–Crippen LogP) is 0.461. The highest BCUT2D eigenvalue weighted by Crippen LogP contribution is 2.20. The molecule has 0 saturated carbocycles. The van der Waals surface area contributed by atoms with Crippen molar-refractivity contribution in [2.24, 2.45) is 5.92 Å². The molecule has 0 radical (unpaired) electrons. The second-order valence-corrected chi connectivity index (χ2v) is 10.6. The average molecular weight is 341 g/mol. The normalized spacial score (nSPS) is 21.8. The third-order valence-electron chi connectivity index (χ3n) is 3.58. The van der Waals surface area contributed by atoms with Crippen LogP contribution in [0.3, 0.4) is 0 Å². The summed E-state index contributed by atoms with van der Waals surface area (Å²) in [5.74, 6) is -0.103. The average Bonchev–Trinajstić information content (AvgIpc) is 2.36. The van der Waals surface area contributed by atoms with Gasteiger partial charge >= 0.3 is 0 Å². The highest BCUT2D eigenvalue weighted by atomic mass is 32.2. The maximum absolute atomic E-state index is 12.4. The van der Waals surface area contributed by atoms with Gasteiger partial charge in [-0.15, -0.1) is 0 Å². The van der Waals surface area contributed by atoms with Gasteiger partial charge in [0.1, 0.15) is 9.84 Å². The highest BCUT2D eigenvalue weighted by molar-refractivity contribution is 7.93. The van der Waals surface area contributed by atoms with Crippen LogP contribution in [-0.2, 0) is 19.9 Å². The minimum absolute atomic E-state index is 0.0536. The Balaban J connectivity index is 2.66. The smallest absolute Gasteiger partial charge is 0.215 e. The van der Waals surface area contributed by atoms with E-state index in [1.165, 1.54) is 4.31 Å². The lowest BCUT2D eigenvalue weighted by molar-refractivity contribution is 0.244. The summed E-state index contributed by atoms with van der Waals surface area (Å²) < 4.78 is 48.6. The van der Waals surface area contributed by atoms with Crippen molar-refractivity contribution in [1.82, 2.24) is 9.62 Å². The summed E-state index contributed by atoms with van der Waals surface area (Å²) in [6, 6.07) is -0.0536. The van der Waals surface area contributed by atoms with Crippen LogP contribution in [0.2, 0.25) is 0 Å². The lowest BCUT2D eigenvalue weighted by Crippen LogP contribution is -2.50. The van der Waals surface area contributed by atoms with Crippen molar-refractivity contribution in [3.05, 3.63) is 0 Å². The van der Waals surface area contributed by atoms with Gasteiger partial charge in [0.25, 0.3) is 0 Å². The Bertz CT molecular complexity index is 514. The molecular weight excluding hydrogens is 312 g/mol. The van der Waals surface area contributed by atoms with Crippen LogP contribution in [-0.4, -0.2) is 64.6 Å². The van der Waals surface area contributed by atoms with E-state index in [-0.39, 0.29) is 17.5 Å². The molecule has 1 aliphatic heterocycles. The van der Waals surface area contributed by atoms with E-state index in [4.69, 9.17) is 0 Å². The molecule has 1 saturated heterocycles. The van der Waals surface area contributed by atoms with Gasteiger partial charge in [0, 0.05) is 25.4 Å². The van der Waals surface area contributed by atoms with Gasteiger partial charge in [0.15, 0.2) is 0 Å². The number of nitrogens with zero attached hydrogens (tertiary/aromatic N) is 1. The summed E-state index contributed by atoms with van der Waals surface area (Å²) in [4.78, 5) is 0. The van der Waals surface area contributed by atoms with Crippen LogP contribution in [0.15, 0.2) is 0 Å². The molecule has 0 aromatic rings. The number of hydrogen-bond donors (Lipinski definition) is 1. The van der Waals surface area contributed by atoms with Crippen LogP contribution in [0, 0.1) is 5.92 Å². The fourth-order valence-electron chi connectivity index (χ4n) is 2.46. The number of hydrogen-bond acceptors (Lipinski definition) is 5. The van der Waals surface area contributed by atoms with Crippen LogP contribution in [0.5, 0.6) is 0 Å². The standard InChI is InChI=1S/C13H28N2O4S2/c1-12(2)10-14-11-13-6-4-5-7-15(13)21(18,19)9-8-20(3,16)17/h12-14H,4-11H2,1-3H3. The molecule has 1 heterocycles. The Kier molecular flexibility index (Phi) is 7.09. The first kappa shape index (κ1) is 18.9. The van der Waals surface area contributed by atoms with Gasteiger partial charge in [-0.1, -0.05) is 20.3 Å². The second-order valence-electron chi connectivity index (χ2n) is 6.26. The molecule has 8 heteroatoms. The van der Waals surface area contributed by atoms with Gasteiger partial charge in [-0.05, 0) is 25.3 Å². The number of sulfone groups is 1. The molecule has 0 amide bonds. The topological polar surface area (TPSA) is 83.6 Å². The Morgan fingerprint density at radius 2 is 1.81 bits per heavy atom. The van der Waals surface area contributed by atoms with Crippen LogP contribution in [0.25, 0.3) is 0 Å². The van der Waals surface area contributed by atoms with Crippen molar-refractivity contribution in [3.63, 3.8) is 0 Å². The molecular formula is C13H28N2O4S2. The predicted molar refractivity (Wildman–Crippen MR) is 85.6 cm³/mol. The molecule has 1 N–H and O–H groups in total. The van der Waals surface area contributed by atoms with Crippen molar-refractivity contribution in [2.75, 3.05) is 37.4 Å². The summed E-state index contributed by atoms with van der Waals surface area (Å²) in [5, 5.41) is 3.30. The fourth-order valence-corrected chi connectivity index (χ4v) is 5.79. The summed E-state index contributed by atoms with van der Waals surface area (Å²) >= 11 is 0. The summed E-state index contributed by atoms with van der Waals surface area (Å²) in [7, 11) is -6.77. The molecule has 0 spiro atoms. The molecule has 1 rings (SSSR count). The molecule has 6 nitrogen and oxygen atoms in total. The van der Waals surface area contributed by atoms with E-state index < -0.39 is 19.9 Å². The largest absolute Gasteiger partial charge is 0.315 e. The van der Waals surface area contributed by atoms with Gasteiger partial charge in [0.05, 0.1) is 11.5 Å². The Hall–Kier alpha value is -0.180. The Labute approximate surface area is 129 Å². The number of piperidine rings is 1.